The van der Waals surface area contributed by atoms with Gasteiger partial charge in [0, 0.05) is 23.3 Å². The topological polar surface area (TPSA) is 63.2 Å². The standard InChI is InChI=1S/C20H17ClFN3O2/c1-27-18-8-7-15(21)10-17(18)25-19-9-6-14(12-23-19)20(26)24-11-13-4-2-3-5-16(13)22/h2-10,12H,11H2,1H3,(H,23,25)(H,24,26). The van der Waals surface area contributed by atoms with Gasteiger partial charge in [0.05, 0.1) is 18.4 Å². The van der Waals surface area contributed by atoms with Gasteiger partial charge in [-0.1, -0.05) is 29.8 Å². The van der Waals surface area contributed by atoms with E-state index >= 15 is 0 Å². The fourth-order valence-corrected chi connectivity index (χ4v) is 2.61. The number of nitrogens with one attached hydrogen (secondary N) is 2. The Morgan fingerprint density at radius 1 is 1.19 bits per heavy atom. The highest BCUT2D eigenvalue weighted by molar-refractivity contribution is 6.31. The van der Waals surface area contributed by atoms with E-state index in [2.05, 4.69) is 15.6 Å². The largest absolute Gasteiger partial charge is 0.495 e. The van der Waals surface area contributed by atoms with Crippen LogP contribution in [0, 0.1) is 5.82 Å². The fourth-order valence-electron chi connectivity index (χ4n) is 2.44. The monoisotopic (exact) mass is 385 g/mol. The van der Waals surface area contributed by atoms with E-state index in [1.54, 1.807) is 55.6 Å². The van der Waals surface area contributed by atoms with Crippen molar-refractivity contribution >= 4 is 29.0 Å². The molecule has 0 spiro atoms. The maximum Gasteiger partial charge on any atom is 0.253 e. The normalized spacial score (nSPS) is 10.3. The zero-order valence-electron chi connectivity index (χ0n) is 14.5. The molecule has 1 heterocycles. The summed E-state index contributed by atoms with van der Waals surface area (Å²) in [5.41, 5.74) is 1.45. The second-order valence-electron chi connectivity index (χ2n) is 5.68. The number of methoxy groups -OCH3 is 1. The summed E-state index contributed by atoms with van der Waals surface area (Å²) in [4.78, 5) is 16.4. The van der Waals surface area contributed by atoms with Crippen LogP contribution in [0.1, 0.15) is 15.9 Å². The molecule has 27 heavy (non-hydrogen) atoms. The first-order chi connectivity index (χ1) is 13.1. The number of carbonyl (C=O) groups is 1. The zero-order chi connectivity index (χ0) is 19.2. The van der Waals surface area contributed by atoms with Gasteiger partial charge in [0.15, 0.2) is 0 Å². The summed E-state index contributed by atoms with van der Waals surface area (Å²) in [6.07, 6.45) is 1.44. The second kappa shape index (κ2) is 8.51. The Kier molecular flexibility index (Phi) is 5.88. The molecular weight excluding hydrogens is 369 g/mol. The summed E-state index contributed by atoms with van der Waals surface area (Å²) in [5, 5.41) is 6.33. The molecule has 2 aromatic carbocycles. The Morgan fingerprint density at radius 2 is 2.00 bits per heavy atom. The number of ether oxygens (including phenoxy) is 1. The third kappa shape index (κ3) is 4.74. The molecule has 0 atom stereocenters. The van der Waals surface area contributed by atoms with Crippen LogP contribution >= 0.6 is 11.6 Å². The van der Waals surface area contributed by atoms with Gasteiger partial charge in [-0.2, -0.15) is 0 Å². The van der Waals surface area contributed by atoms with Gasteiger partial charge in [0.25, 0.3) is 5.91 Å². The highest BCUT2D eigenvalue weighted by Crippen LogP contribution is 2.29. The van der Waals surface area contributed by atoms with Crippen LogP contribution in [0.3, 0.4) is 0 Å². The van der Waals surface area contributed by atoms with Gasteiger partial charge in [-0.05, 0) is 36.4 Å². The van der Waals surface area contributed by atoms with E-state index in [-0.39, 0.29) is 18.3 Å². The van der Waals surface area contributed by atoms with Gasteiger partial charge >= 0.3 is 0 Å². The Labute approximate surface area is 161 Å². The van der Waals surface area contributed by atoms with Crippen LogP contribution in [0.2, 0.25) is 5.02 Å². The average molecular weight is 386 g/mol. The minimum absolute atomic E-state index is 0.102. The molecule has 3 aromatic rings. The number of pyridine rings is 1. The molecule has 0 radical (unpaired) electrons. The van der Waals surface area contributed by atoms with Gasteiger partial charge in [0.1, 0.15) is 17.4 Å². The van der Waals surface area contributed by atoms with Crippen molar-refractivity contribution in [1.82, 2.24) is 10.3 Å². The molecule has 1 amide bonds. The van der Waals surface area contributed by atoms with E-state index in [9.17, 15) is 9.18 Å². The quantitative estimate of drug-likeness (QED) is 0.653. The first kappa shape index (κ1) is 18.7. The molecule has 3 rings (SSSR count). The first-order valence-electron chi connectivity index (χ1n) is 8.15. The molecule has 2 N–H and O–H groups in total. The molecular formula is C20H17ClFN3O2. The minimum atomic E-state index is -0.356. The Hall–Kier alpha value is -3.12. The van der Waals surface area contributed by atoms with Crippen LogP contribution in [0.5, 0.6) is 5.75 Å². The molecule has 7 heteroatoms. The van der Waals surface area contributed by atoms with Gasteiger partial charge in [-0.25, -0.2) is 9.37 Å². The lowest BCUT2D eigenvalue weighted by Crippen LogP contribution is -2.23. The number of hydrogen-bond acceptors (Lipinski definition) is 4. The van der Waals surface area contributed by atoms with Crippen LogP contribution in [0.25, 0.3) is 0 Å². The highest BCUT2D eigenvalue weighted by atomic mass is 35.5. The Balaban J connectivity index is 1.65. The Bertz CT molecular complexity index is 948. The first-order valence-corrected chi connectivity index (χ1v) is 8.53. The van der Waals surface area contributed by atoms with E-state index in [4.69, 9.17) is 16.3 Å². The summed E-state index contributed by atoms with van der Waals surface area (Å²) in [7, 11) is 1.56. The number of anilines is 2. The van der Waals surface area contributed by atoms with E-state index in [1.165, 1.54) is 12.3 Å². The molecule has 5 nitrogen and oxygen atoms in total. The highest BCUT2D eigenvalue weighted by Gasteiger charge is 2.09. The second-order valence-corrected chi connectivity index (χ2v) is 6.11. The molecule has 0 saturated heterocycles. The van der Waals surface area contributed by atoms with Crippen LogP contribution in [0.15, 0.2) is 60.8 Å². The zero-order valence-corrected chi connectivity index (χ0v) is 15.3. The van der Waals surface area contributed by atoms with E-state index in [0.29, 0.717) is 33.4 Å². The van der Waals surface area contributed by atoms with Crippen LogP contribution in [-0.4, -0.2) is 18.0 Å². The van der Waals surface area contributed by atoms with E-state index in [1.807, 2.05) is 0 Å². The van der Waals surface area contributed by atoms with Crippen molar-refractivity contribution in [3.05, 3.63) is 82.8 Å². The number of benzene rings is 2. The molecule has 0 unspecified atom stereocenters. The van der Waals surface area contributed by atoms with Crippen molar-refractivity contribution in [3.63, 3.8) is 0 Å². The summed E-state index contributed by atoms with van der Waals surface area (Å²) in [5.74, 6) is 0.456. The molecule has 138 valence electrons. The molecule has 0 bridgehead atoms. The number of halogens is 2. The minimum Gasteiger partial charge on any atom is -0.495 e. The van der Waals surface area contributed by atoms with Crippen molar-refractivity contribution in [1.29, 1.82) is 0 Å². The number of carbonyl (C=O) groups excluding carboxylic acids is 1. The smallest absolute Gasteiger partial charge is 0.253 e. The molecule has 0 saturated carbocycles. The molecule has 0 aliphatic heterocycles. The molecule has 1 aromatic heterocycles. The maximum atomic E-state index is 13.6. The van der Waals surface area contributed by atoms with Crippen molar-refractivity contribution in [2.24, 2.45) is 0 Å². The van der Waals surface area contributed by atoms with Crippen LogP contribution < -0.4 is 15.4 Å². The number of aromatic nitrogens is 1. The van der Waals surface area contributed by atoms with Crippen molar-refractivity contribution < 1.29 is 13.9 Å². The van der Waals surface area contributed by atoms with Crippen molar-refractivity contribution in [3.8, 4) is 5.75 Å². The van der Waals surface area contributed by atoms with Gasteiger partial charge in [0.2, 0.25) is 0 Å². The lowest BCUT2D eigenvalue weighted by atomic mass is 10.2. The number of hydrogen-bond donors (Lipinski definition) is 2. The maximum absolute atomic E-state index is 13.6. The number of amides is 1. The van der Waals surface area contributed by atoms with Crippen molar-refractivity contribution in [2.45, 2.75) is 6.54 Å². The summed E-state index contributed by atoms with van der Waals surface area (Å²) in [6, 6.07) is 14.8. The van der Waals surface area contributed by atoms with E-state index < -0.39 is 0 Å². The Morgan fingerprint density at radius 3 is 2.70 bits per heavy atom. The number of nitrogens with zero attached hydrogens (tertiary/aromatic N) is 1. The van der Waals surface area contributed by atoms with Crippen LogP contribution in [0.4, 0.5) is 15.9 Å². The van der Waals surface area contributed by atoms with Gasteiger partial charge in [-0.15, -0.1) is 0 Å². The summed E-state index contributed by atoms with van der Waals surface area (Å²) < 4.78 is 18.9. The lowest BCUT2D eigenvalue weighted by Gasteiger charge is -2.11. The predicted molar refractivity (Wildman–Crippen MR) is 103 cm³/mol. The van der Waals surface area contributed by atoms with Crippen molar-refractivity contribution in [2.75, 3.05) is 12.4 Å². The molecule has 0 aliphatic rings. The SMILES string of the molecule is COc1ccc(Cl)cc1Nc1ccc(C(=O)NCc2ccccc2F)cn1. The molecule has 0 aliphatic carbocycles. The fraction of sp³-hybridized carbons (Fsp3) is 0.100. The predicted octanol–water partition coefficient (Wildman–Crippen LogP) is 4.56. The molecule has 0 fully saturated rings. The van der Waals surface area contributed by atoms with Gasteiger partial charge in [-0.3, -0.25) is 4.79 Å². The summed E-state index contributed by atoms with van der Waals surface area (Å²) >= 11 is 6.01. The third-order valence-electron chi connectivity index (χ3n) is 3.85. The number of rotatable bonds is 6. The van der Waals surface area contributed by atoms with Crippen LogP contribution in [-0.2, 0) is 6.54 Å². The van der Waals surface area contributed by atoms with E-state index in [0.717, 1.165) is 0 Å². The summed E-state index contributed by atoms with van der Waals surface area (Å²) in [6.45, 7) is 0.102. The lowest BCUT2D eigenvalue weighted by molar-refractivity contribution is 0.0950. The van der Waals surface area contributed by atoms with Gasteiger partial charge < -0.3 is 15.4 Å². The third-order valence-corrected chi connectivity index (χ3v) is 4.08. The average Bonchev–Trinajstić information content (AvgIpc) is 2.68.